The summed E-state index contributed by atoms with van der Waals surface area (Å²) in [5.41, 5.74) is 2.16. The van der Waals surface area contributed by atoms with Crippen molar-refractivity contribution in [2.24, 2.45) is 7.05 Å². The highest BCUT2D eigenvalue weighted by molar-refractivity contribution is 5.85. The first-order valence-electron chi connectivity index (χ1n) is 6.05. The van der Waals surface area contributed by atoms with Crippen LogP contribution in [0.5, 0.6) is 0 Å². The minimum atomic E-state index is -1.03. The summed E-state index contributed by atoms with van der Waals surface area (Å²) in [6, 6.07) is 4.88. The minimum absolute atomic E-state index is 0.0342. The monoisotopic (exact) mass is 260 g/mol. The largest absolute Gasteiger partial charge is 0.477 e. The lowest BCUT2D eigenvalue weighted by molar-refractivity contribution is 0.0690. The fourth-order valence-corrected chi connectivity index (χ4v) is 1.87. The number of nitrogens with one attached hydrogen (secondary N) is 1. The minimum Gasteiger partial charge on any atom is -0.477 e. The van der Waals surface area contributed by atoms with E-state index in [1.54, 1.807) is 16.8 Å². The molecule has 2 aromatic rings. The smallest absolute Gasteiger partial charge is 0.354 e. The molecule has 0 spiro atoms. The quantitative estimate of drug-likeness (QED) is 0.855. The highest BCUT2D eigenvalue weighted by atomic mass is 16.4. The molecule has 0 amide bonds. The van der Waals surface area contributed by atoms with E-state index in [-0.39, 0.29) is 5.69 Å². The lowest BCUT2D eigenvalue weighted by Gasteiger charge is -2.05. The van der Waals surface area contributed by atoms with Crippen LogP contribution in [-0.4, -0.2) is 25.8 Å². The normalized spacial score (nSPS) is 10.4. The van der Waals surface area contributed by atoms with Crippen molar-refractivity contribution < 1.29 is 9.90 Å². The second kappa shape index (κ2) is 5.51. The summed E-state index contributed by atoms with van der Waals surface area (Å²) in [6.07, 6.45) is 2.81. The molecule has 6 heteroatoms. The van der Waals surface area contributed by atoms with Gasteiger partial charge in [0.2, 0.25) is 0 Å². The summed E-state index contributed by atoms with van der Waals surface area (Å²) in [7, 11) is 1.88. The molecule has 2 N–H and O–H groups in total. The number of carbonyl (C=O) groups is 1. The van der Waals surface area contributed by atoms with Crippen molar-refractivity contribution in [1.82, 2.24) is 14.8 Å². The number of aromatic nitrogens is 3. The number of hydrogen-bond acceptors (Lipinski definition) is 4. The third kappa shape index (κ3) is 3.09. The zero-order valence-electron chi connectivity index (χ0n) is 10.9. The van der Waals surface area contributed by atoms with Gasteiger partial charge in [-0.15, -0.1) is 0 Å². The van der Waals surface area contributed by atoms with Crippen LogP contribution < -0.4 is 5.32 Å². The van der Waals surface area contributed by atoms with Gasteiger partial charge in [-0.3, -0.25) is 4.68 Å². The highest BCUT2D eigenvalue weighted by Gasteiger charge is 2.07. The first-order valence-corrected chi connectivity index (χ1v) is 6.05. The van der Waals surface area contributed by atoms with E-state index in [0.717, 1.165) is 17.7 Å². The first kappa shape index (κ1) is 13.1. The molecule has 0 fully saturated rings. The summed E-state index contributed by atoms with van der Waals surface area (Å²) in [4.78, 5) is 14.8. The summed E-state index contributed by atoms with van der Waals surface area (Å²) < 4.78 is 1.77. The molecular formula is C13H16N4O2. The van der Waals surface area contributed by atoms with Crippen molar-refractivity contribution in [3.63, 3.8) is 0 Å². The van der Waals surface area contributed by atoms with Gasteiger partial charge in [-0.2, -0.15) is 5.10 Å². The predicted octanol–water partition coefficient (Wildman–Crippen LogP) is 1.69. The standard InChI is InChI=1S/C13H16N4O2/c1-3-10-9(8-17(2)16-10)7-14-12-6-4-5-11(15-12)13(18)19/h4-6,8H,3,7H2,1-2H3,(H,14,15)(H,18,19). The Balaban J connectivity index is 2.09. The van der Waals surface area contributed by atoms with Gasteiger partial charge >= 0.3 is 5.97 Å². The van der Waals surface area contributed by atoms with Crippen LogP contribution in [0.2, 0.25) is 0 Å². The second-order valence-electron chi connectivity index (χ2n) is 4.20. The molecule has 0 aliphatic heterocycles. The van der Waals surface area contributed by atoms with Crippen LogP contribution in [-0.2, 0) is 20.0 Å². The molecule has 0 saturated carbocycles. The van der Waals surface area contributed by atoms with Crippen molar-refractivity contribution >= 4 is 11.8 Å². The molecule has 0 aliphatic rings. The molecular weight excluding hydrogens is 244 g/mol. The zero-order valence-corrected chi connectivity index (χ0v) is 10.9. The van der Waals surface area contributed by atoms with Gasteiger partial charge in [-0.25, -0.2) is 9.78 Å². The van der Waals surface area contributed by atoms with Gasteiger partial charge in [-0.1, -0.05) is 13.0 Å². The number of anilines is 1. The molecule has 19 heavy (non-hydrogen) atoms. The Morgan fingerprint density at radius 1 is 1.47 bits per heavy atom. The summed E-state index contributed by atoms with van der Waals surface area (Å²) >= 11 is 0. The molecule has 2 heterocycles. The maximum absolute atomic E-state index is 10.8. The van der Waals surface area contributed by atoms with E-state index in [2.05, 4.69) is 22.3 Å². The van der Waals surface area contributed by atoms with E-state index in [4.69, 9.17) is 5.11 Å². The number of pyridine rings is 1. The van der Waals surface area contributed by atoms with E-state index < -0.39 is 5.97 Å². The number of nitrogens with zero attached hydrogens (tertiary/aromatic N) is 3. The van der Waals surface area contributed by atoms with E-state index in [9.17, 15) is 4.79 Å². The van der Waals surface area contributed by atoms with Gasteiger partial charge in [0.15, 0.2) is 5.69 Å². The highest BCUT2D eigenvalue weighted by Crippen LogP contribution is 2.11. The fourth-order valence-electron chi connectivity index (χ4n) is 1.87. The van der Waals surface area contributed by atoms with Crippen LogP contribution in [0.4, 0.5) is 5.82 Å². The van der Waals surface area contributed by atoms with Gasteiger partial charge in [-0.05, 0) is 18.6 Å². The number of aromatic carboxylic acids is 1. The van der Waals surface area contributed by atoms with Crippen LogP contribution in [0.3, 0.4) is 0 Å². The molecule has 0 unspecified atom stereocenters. The lowest BCUT2D eigenvalue weighted by atomic mass is 10.2. The van der Waals surface area contributed by atoms with Crippen molar-refractivity contribution in [3.8, 4) is 0 Å². The van der Waals surface area contributed by atoms with E-state index >= 15 is 0 Å². The predicted molar refractivity (Wildman–Crippen MR) is 71.1 cm³/mol. The van der Waals surface area contributed by atoms with E-state index in [1.165, 1.54) is 6.07 Å². The Hall–Kier alpha value is -2.37. The Labute approximate surface area is 111 Å². The number of carboxylic acids is 1. The van der Waals surface area contributed by atoms with Gasteiger partial charge in [0.1, 0.15) is 5.82 Å². The number of aryl methyl sites for hydroxylation is 2. The molecule has 6 nitrogen and oxygen atoms in total. The zero-order chi connectivity index (χ0) is 13.8. The fraction of sp³-hybridized carbons (Fsp3) is 0.308. The first-order chi connectivity index (χ1) is 9.10. The molecule has 0 aliphatic carbocycles. The maximum Gasteiger partial charge on any atom is 0.354 e. The Morgan fingerprint density at radius 2 is 2.26 bits per heavy atom. The van der Waals surface area contributed by atoms with Crippen molar-refractivity contribution in [1.29, 1.82) is 0 Å². The van der Waals surface area contributed by atoms with Crippen molar-refractivity contribution in [2.75, 3.05) is 5.32 Å². The van der Waals surface area contributed by atoms with E-state index in [0.29, 0.717) is 12.4 Å². The van der Waals surface area contributed by atoms with Crippen molar-refractivity contribution in [3.05, 3.63) is 41.3 Å². The third-order valence-corrected chi connectivity index (χ3v) is 2.75. The maximum atomic E-state index is 10.8. The summed E-state index contributed by atoms with van der Waals surface area (Å²) in [5, 5.41) is 16.3. The van der Waals surface area contributed by atoms with Crippen LogP contribution >= 0.6 is 0 Å². The molecule has 100 valence electrons. The number of carboxylic acid groups (broad SMARTS) is 1. The second-order valence-corrected chi connectivity index (χ2v) is 4.20. The topological polar surface area (TPSA) is 80.0 Å². The molecule has 0 radical (unpaired) electrons. The Morgan fingerprint density at radius 3 is 2.95 bits per heavy atom. The van der Waals surface area contributed by atoms with Crippen LogP contribution in [0, 0.1) is 0 Å². The molecule has 0 aromatic carbocycles. The third-order valence-electron chi connectivity index (χ3n) is 2.75. The number of rotatable bonds is 5. The average molecular weight is 260 g/mol. The van der Waals surface area contributed by atoms with Crippen molar-refractivity contribution in [2.45, 2.75) is 19.9 Å². The van der Waals surface area contributed by atoms with Crippen LogP contribution in [0.15, 0.2) is 24.4 Å². The number of hydrogen-bond donors (Lipinski definition) is 2. The molecule has 0 atom stereocenters. The van der Waals surface area contributed by atoms with Gasteiger partial charge in [0.05, 0.1) is 5.69 Å². The molecule has 2 rings (SSSR count). The van der Waals surface area contributed by atoms with Crippen LogP contribution in [0.1, 0.15) is 28.7 Å². The molecule has 2 aromatic heterocycles. The molecule has 0 saturated heterocycles. The van der Waals surface area contributed by atoms with Crippen LogP contribution in [0.25, 0.3) is 0 Å². The van der Waals surface area contributed by atoms with Gasteiger partial charge in [0.25, 0.3) is 0 Å². The van der Waals surface area contributed by atoms with E-state index in [1.807, 2.05) is 13.2 Å². The summed E-state index contributed by atoms with van der Waals surface area (Å²) in [5.74, 6) is -0.481. The Bertz CT molecular complexity index is 592. The van der Waals surface area contributed by atoms with Gasteiger partial charge in [0, 0.05) is 25.4 Å². The summed E-state index contributed by atoms with van der Waals surface area (Å²) in [6.45, 7) is 2.63. The van der Waals surface area contributed by atoms with Gasteiger partial charge < -0.3 is 10.4 Å². The molecule has 0 bridgehead atoms. The SMILES string of the molecule is CCc1nn(C)cc1CNc1cccc(C(=O)O)n1. The average Bonchev–Trinajstić information content (AvgIpc) is 2.77. The lowest BCUT2D eigenvalue weighted by Crippen LogP contribution is -2.06. The Kier molecular flexibility index (Phi) is 3.79.